The Morgan fingerprint density at radius 2 is 2.08 bits per heavy atom. The number of morpholine rings is 1. The molecule has 1 fully saturated rings. The van der Waals surface area contributed by atoms with E-state index in [0.717, 1.165) is 31.9 Å². The monoisotopic (exact) mass is 357 g/mol. The lowest BCUT2D eigenvalue weighted by Crippen LogP contribution is -2.47. The summed E-state index contributed by atoms with van der Waals surface area (Å²) >= 11 is 0. The van der Waals surface area contributed by atoms with Crippen molar-refractivity contribution in [3.63, 3.8) is 0 Å². The van der Waals surface area contributed by atoms with Crippen molar-refractivity contribution in [3.8, 4) is 11.3 Å². The van der Waals surface area contributed by atoms with Crippen molar-refractivity contribution < 1.29 is 13.9 Å². The standard InChI is InChI=1S/C20H24FN3O2/c1-15(24-8-10-26-11-9-24)14-23(2)20(25)17-5-3-4-16(12-17)19-7-6-18(21)13-22-19/h3-7,12-13,15H,8-11,14H2,1-2H3/t15-/m1/s1. The minimum absolute atomic E-state index is 0.0333. The van der Waals surface area contributed by atoms with Gasteiger partial charge in [0.05, 0.1) is 25.1 Å². The van der Waals surface area contributed by atoms with Crippen molar-refractivity contribution in [3.05, 3.63) is 54.0 Å². The SMILES string of the molecule is C[C@H](CN(C)C(=O)c1cccc(-c2ccc(F)cn2)c1)N1CCOCC1. The van der Waals surface area contributed by atoms with E-state index in [1.54, 1.807) is 23.1 Å². The van der Waals surface area contributed by atoms with Gasteiger partial charge in [-0.25, -0.2) is 4.39 Å². The van der Waals surface area contributed by atoms with E-state index in [-0.39, 0.29) is 17.8 Å². The van der Waals surface area contributed by atoms with E-state index >= 15 is 0 Å². The number of likely N-dealkylation sites (N-methyl/N-ethyl adjacent to an activating group) is 1. The smallest absolute Gasteiger partial charge is 0.253 e. The summed E-state index contributed by atoms with van der Waals surface area (Å²) in [6.45, 7) is 6.07. The largest absolute Gasteiger partial charge is 0.379 e. The molecular formula is C20H24FN3O2. The molecule has 0 saturated carbocycles. The summed E-state index contributed by atoms with van der Waals surface area (Å²) in [5.74, 6) is -0.410. The Hall–Kier alpha value is -2.31. The van der Waals surface area contributed by atoms with E-state index in [1.807, 2.05) is 19.2 Å². The van der Waals surface area contributed by atoms with Crippen LogP contribution < -0.4 is 0 Å². The molecule has 2 aromatic rings. The van der Waals surface area contributed by atoms with Gasteiger partial charge >= 0.3 is 0 Å². The first-order valence-corrected chi connectivity index (χ1v) is 8.84. The maximum atomic E-state index is 13.1. The van der Waals surface area contributed by atoms with E-state index < -0.39 is 0 Å². The predicted octanol–water partition coefficient (Wildman–Crippen LogP) is 2.68. The van der Waals surface area contributed by atoms with Crippen molar-refractivity contribution in [1.29, 1.82) is 0 Å². The number of rotatable bonds is 5. The van der Waals surface area contributed by atoms with Gasteiger partial charge in [-0.2, -0.15) is 0 Å². The van der Waals surface area contributed by atoms with Crippen molar-refractivity contribution in [2.24, 2.45) is 0 Å². The van der Waals surface area contributed by atoms with Gasteiger partial charge in [0.1, 0.15) is 5.82 Å². The molecule has 1 amide bonds. The molecule has 5 nitrogen and oxygen atoms in total. The highest BCUT2D eigenvalue weighted by Gasteiger charge is 2.21. The molecule has 1 aliphatic heterocycles. The van der Waals surface area contributed by atoms with Crippen molar-refractivity contribution in [1.82, 2.24) is 14.8 Å². The molecular weight excluding hydrogens is 333 g/mol. The Balaban J connectivity index is 1.68. The number of nitrogens with zero attached hydrogens (tertiary/aromatic N) is 3. The second kappa shape index (κ2) is 8.38. The number of benzene rings is 1. The molecule has 0 spiro atoms. The van der Waals surface area contributed by atoms with Gasteiger partial charge in [0.25, 0.3) is 5.91 Å². The fourth-order valence-electron chi connectivity index (χ4n) is 3.19. The highest BCUT2D eigenvalue weighted by molar-refractivity contribution is 5.95. The van der Waals surface area contributed by atoms with Crippen LogP contribution in [0.4, 0.5) is 4.39 Å². The molecule has 1 aliphatic rings. The van der Waals surface area contributed by atoms with Crippen LogP contribution in [0.3, 0.4) is 0 Å². The van der Waals surface area contributed by atoms with Crippen molar-refractivity contribution >= 4 is 5.91 Å². The third-order valence-electron chi connectivity index (χ3n) is 4.69. The van der Waals surface area contributed by atoms with E-state index in [1.165, 1.54) is 12.3 Å². The second-order valence-electron chi connectivity index (χ2n) is 6.63. The molecule has 0 aliphatic carbocycles. The topological polar surface area (TPSA) is 45.7 Å². The summed E-state index contributed by atoms with van der Waals surface area (Å²) in [7, 11) is 1.82. The van der Waals surface area contributed by atoms with Crippen LogP contribution in [-0.4, -0.2) is 66.6 Å². The molecule has 1 atom stereocenters. The Labute approximate surface area is 153 Å². The van der Waals surface area contributed by atoms with Crippen LogP contribution in [0.5, 0.6) is 0 Å². The number of amides is 1. The van der Waals surface area contributed by atoms with Crippen LogP contribution >= 0.6 is 0 Å². The molecule has 0 bridgehead atoms. The van der Waals surface area contributed by atoms with Crippen LogP contribution in [0.2, 0.25) is 0 Å². The lowest BCUT2D eigenvalue weighted by atomic mass is 10.1. The predicted molar refractivity (Wildman–Crippen MR) is 98.4 cm³/mol. The molecule has 138 valence electrons. The van der Waals surface area contributed by atoms with Crippen molar-refractivity contribution in [2.75, 3.05) is 39.9 Å². The fourth-order valence-corrected chi connectivity index (χ4v) is 3.19. The Bertz CT molecular complexity index is 745. The molecule has 0 radical (unpaired) electrons. The quantitative estimate of drug-likeness (QED) is 0.825. The van der Waals surface area contributed by atoms with Gasteiger partial charge in [0.2, 0.25) is 0 Å². The first-order chi connectivity index (χ1) is 12.5. The van der Waals surface area contributed by atoms with E-state index in [4.69, 9.17) is 4.74 Å². The van der Waals surface area contributed by atoms with Crippen LogP contribution in [0.25, 0.3) is 11.3 Å². The lowest BCUT2D eigenvalue weighted by molar-refractivity contribution is 0.0142. The van der Waals surface area contributed by atoms with Crippen LogP contribution in [0, 0.1) is 5.82 Å². The molecule has 2 heterocycles. The van der Waals surface area contributed by atoms with Gasteiger partial charge in [-0.15, -0.1) is 0 Å². The van der Waals surface area contributed by atoms with Gasteiger partial charge in [0.15, 0.2) is 0 Å². The summed E-state index contributed by atoms with van der Waals surface area (Å²) in [4.78, 5) is 21.0. The number of carbonyl (C=O) groups is 1. The summed E-state index contributed by atoms with van der Waals surface area (Å²) in [5, 5.41) is 0. The summed E-state index contributed by atoms with van der Waals surface area (Å²) in [5.41, 5.74) is 2.04. The number of carbonyl (C=O) groups excluding carboxylic acids is 1. The maximum Gasteiger partial charge on any atom is 0.253 e. The molecule has 0 unspecified atom stereocenters. The summed E-state index contributed by atoms with van der Waals surface area (Å²) in [6.07, 6.45) is 1.18. The van der Waals surface area contributed by atoms with Crippen LogP contribution in [0.15, 0.2) is 42.6 Å². The zero-order valence-corrected chi connectivity index (χ0v) is 15.2. The van der Waals surface area contributed by atoms with E-state index in [9.17, 15) is 9.18 Å². The van der Waals surface area contributed by atoms with Gasteiger partial charge < -0.3 is 9.64 Å². The Morgan fingerprint density at radius 1 is 1.31 bits per heavy atom. The normalized spacial score (nSPS) is 16.3. The molecule has 26 heavy (non-hydrogen) atoms. The number of pyridine rings is 1. The summed E-state index contributed by atoms with van der Waals surface area (Å²) in [6, 6.07) is 10.6. The number of hydrogen-bond donors (Lipinski definition) is 0. The number of halogens is 1. The third kappa shape index (κ3) is 4.45. The molecule has 1 aromatic heterocycles. The third-order valence-corrected chi connectivity index (χ3v) is 4.69. The van der Waals surface area contributed by atoms with E-state index in [0.29, 0.717) is 17.8 Å². The number of hydrogen-bond acceptors (Lipinski definition) is 4. The van der Waals surface area contributed by atoms with E-state index in [2.05, 4.69) is 16.8 Å². The number of ether oxygens (including phenoxy) is 1. The lowest BCUT2D eigenvalue weighted by Gasteiger charge is -2.34. The maximum absolute atomic E-state index is 13.1. The zero-order valence-electron chi connectivity index (χ0n) is 15.2. The van der Waals surface area contributed by atoms with Crippen LogP contribution in [0.1, 0.15) is 17.3 Å². The molecule has 1 saturated heterocycles. The molecule has 6 heteroatoms. The first kappa shape index (κ1) is 18.5. The highest BCUT2D eigenvalue weighted by atomic mass is 19.1. The minimum atomic E-state index is -0.377. The van der Waals surface area contributed by atoms with Gasteiger partial charge in [-0.1, -0.05) is 12.1 Å². The molecule has 0 N–H and O–H groups in total. The molecule has 1 aromatic carbocycles. The van der Waals surface area contributed by atoms with Gasteiger partial charge in [-0.3, -0.25) is 14.7 Å². The number of aromatic nitrogens is 1. The van der Waals surface area contributed by atoms with Crippen molar-refractivity contribution in [2.45, 2.75) is 13.0 Å². The average molecular weight is 357 g/mol. The highest BCUT2D eigenvalue weighted by Crippen LogP contribution is 2.19. The Morgan fingerprint density at radius 3 is 2.77 bits per heavy atom. The first-order valence-electron chi connectivity index (χ1n) is 8.84. The fraction of sp³-hybridized carbons (Fsp3) is 0.400. The van der Waals surface area contributed by atoms with Gasteiger partial charge in [-0.05, 0) is 31.2 Å². The Kier molecular flexibility index (Phi) is 5.96. The second-order valence-corrected chi connectivity index (χ2v) is 6.63. The zero-order chi connectivity index (χ0) is 18.5. The molecule has 3 rings (SSSR count). The van der Waals surface area contributed by atoms with Gasteiger partial charge in [0, 0.05) is 43.9 Å². The minimum Gasteiger partial charge on any atom is -0.379 e. The van der Waals surface area contributed by atoms with Crippen LogP contribution in [-0.2, 0) is 4.74 Å². The average Bonchev–Trinajstić information content (AvgIpc) is 2.68. The summed E-state index contributed by atoms with van der Waals surface area (Å²) < 4.78 is 18.4.